The van der Waals surface area contributed by atoms with E-state index >= 15 is 0 Å². The third-order valence-electron chi connectivity index (χ3n) is 4.98. The topological polar surface area (TPSA) is 57.4 Å². The van der Waals surface area contributed by atoms with Gasteiger partial charge in [0, 0.05) is 30.2 Å². The van der Waals surface area contributed by atoms with Crippen LogP contribution in [0.15, 0.2) is 48.7 Å². The Morgan fingerprint density at radius 2 is 1.90 bits per heavy atom. The molecule has 1 aliphatic rings. The molecule has 2 aromatic carbocycles. The minimum Gasteiger partial charge on any atom is -0.378 e. The van der Waals surface area contributed by atoms with Gasteiger partial charge in [0.25, 0.3) is 0 Å². The van der Waals surface area contributed by atoms with Gasteiger partial charge in [-0.1, -0.05) is 18.2 Å². The minimum atomic E-state index is -4.49. The maximum absolute atomic E-state index is 13.2. The van der Waals surface area contributed by atoms with Gasteiger partial charge in [-0.15, -0.1) is 0 Å². The zero-order valence-corrected chi connectivity index (χ0v) is 15.6. The van der Waals surface area contributed by atoms with Gasteiger partial charge in [0.05, 0.1) is 36.6 Å². The Labute approximate surface area is 165 Å². The van der Waals surface area contributed by atoms with Gasteiger partial charge in [-0.05, 0) is 29.8 Å². The number of rotatable bonds is 4. The second-order valence-corrected chi connectivity index (χ2v) is 6.91. The number of fused-ring (bicyclic) bond motifs is 1. The number of ether oxygens (including phenoxy) is 1. The molecular weight excluding hydrogens is 383 g/mol. The number of para-hydroxylation sites is 1. The van der Waals surface area contributed by atoms with Crippen molar-refractivity contribution in [3.05, 3.63) is 59.8 Å². The first-order valence-corrected chi connectivity index (χ1v) is 9.30. The zero-order valence-electron chi connectivity index (χ0n) is 15.6. The van der Waals surface area contributed by atoms with E-state index in [4.69, 9.17) is 4.74 Å². The number of morpholine rings is 1. The fourth-order valence-corrected chi connectivity index (χ4v) is 3.54. The SMILES string of the molecule is O=C(Cc1c[nH]c2ccccc12)Nc1cc(C(F)(F)F)ccc1N1CCOCC1. The number of amides is 1. The Bertz CT molecular complexity index is 1020. The van der Waals surface area contributed by atoms with Crippen molar-refractivity contribution >= 4 is 28.2 Å². The average molecular weight is 403 g/mol. The minimum absolute atomic E-state index is 0.0583. The summed E-state index contributed by atoms with van der Waals surface area (Å²) in [4.78, 5) is 17.7. The fourth-order valence-electron chi connectivity index (χ4n) is 3.54. The highest BCUT2D eigenvalue weighted by Crippen LogP contribution is 2.36. The molecule has 0 atom stereocenters. The Hall–Kier alpha value is -3.00. The molecule has 1 aromatic heterocycles. The molecule has 2 N–H and O–H groups in total. The summed E-state index contributed by atoms with van der Waals surface area (Å²) in [7, 11) is 0. The van der Waals surface area contributed by atoms with E-state index in [2.05, 4.69) is 10.3 Å². The number of nitrogens with one attached hydrogen (secondary N) is 2. The summed E-state index contributed by atoms with van der Waals surface area (Å²) >= 11 is 0. The molecule has 29 heavy (non-hydrogen) atoms. The van der Waals surface area contributed by atoms with Crippen molar-refractivity contribution in [3.63, 3.8) is 0 Å². The average Bonchev–Trinajstić information content (AvgIpc) is 3.11. The van der Waals surface area contributed by atoms with Gasteiger partial charge in [0.1, 0.15) is 0 Å². The predicted molar refractivity (Wildman–Crippen MR) is 105 cm³/mol. The molecule has 0 saturated carbocycles. The molecule has 0 radical (unpaired) electrons. The molecule has 2 heterocycles. The van der Waals surface area contributed by atoms with Gasteiger partial charge in [-0.2, -0.15) is 13.2 Å². The first kappa shape index (κ1) is 19.3. The monoisotopic (exact) mass is 403 g/mol. The highest BCUT2D eigenvalue weighted by Gasteiger charge is 2.32. The third-order valence-corrected chi connectivity index (χ3v) is 4.98. The van der Waals surface area contributed by atoms with Gasteiger partial charge in [-0.25, -0.2) is 0 Å². The normalized spacial score (nSPS) is 14.9. The molecule has 0 aliphatic carbocycles. The number of aromatic nitrogens is 1. The highest BCUT2D eigenvalue weighted by atomic mass is 19.4. The Morgan fingerprint density at radius 3 is 2.66 bits per heavy atom. The number of halogens is 3. The molecule has 0 bridgehead atoms. The van der Waals surface area contributed by atoms with Crippen LogP contribution in [0.2, 0.25) is 0 Å². The van der Waals surface area contributed by atoms with Crippen LogP contribution in [0, 0.1) is 0 Å². The molecule has 1 amide bonds. The summed E-state index contributed by atoms with van der Waals surface area (Å²) in [5.74, 6) is -0.372. The standard InChI is InChI=1S/C21H20F3N3O2/c22-21(23,24)15-5-6-19(27-7-9-29-10-8-27)18(12-15)26-20(28)11-14-13-25-17-4-2-1-3-16(14)17/h1-6,12-13,25H,7-11H2,(H,26,28). The van der Waals surface area contributed by atoms with E-state index < -0.39 is 11.7 Å². The lowest BCUT2D eigenvalue weighted by molar-refractivity contribution is -0.137. The number of aromatic amines is 1. The number of anilines is 2. The fraction of sp³-hybridized carbons (Fsp3) is 0.286. The van der Waals surface area contributed by atoms with E-state index in [1.165, 1.54) is 6.07 Å². The summed E-state index contributed by atoms with van der Waals surface area (Å²) in [6, 6.07) is 11.0. The zero-order chi connectivity index (χ0) is 20.4. The molecule has 5 nitrogen and oxygen atoms in total. The molecule has 152 valence electrons. The van der Waals surface area contributed by atoms with Gasteiger partial charge < -0.3 is 19.9 Å². The number of H-pyrrole nitrogens is 1. The van der Waals surface area contributed by atoms with E-state index in [0.717, 1.165) is 28.6 Å². The van der Waals surface area contributed by atoms with Crippen molar-refractivity contribution in [2.24, 2.45) is 0 Å². The molecule has 4 rings (SSSR count). The van der Waals surface area contributed by atoms with Gasteiger partial charge in [-0.3, -0.25) is 4.79 Å². The van der Waals surface area contributed by atoms with Crippen molar-refractivity contribution in [1.29, 1.82) is 0 Å². The number of hydrogen-bond donors (Lipinski definition) is 2. The van der Waals surface area contributed by atoms with Crippen LogP contribution < -0.4 is 10.2 Å². The molecule has 0 unspecified atom stereocenters. The maximum atomic E-state index is 13.2. The van der Waals surface area contributed by atoms with E-state index in [0.29, 0.717) is 32.0 Å². The number of carbonyl (C=O) groups is 1. The number of carbonyl (C=O) groups excluding carboxylic acids is 1. The van der Waals surface area contributed by atoms with Crippen LogP contribution in [-0.4, -0.2) is 37.2 Å². The third kappa shape index (κ3) is 4.22. The summed E-state index contributed by atoms with van der Waals surface area (Å²) in [6.07, 6.45) is -2.68. The molecule has 0 spiro atoms. The molecular formula is C21H20F3N3O2. The van der Waals surface area contributed by atoms with Crippen LogP contribution in [0.25, 0.3) is 10.9 Å². The number of benzene rings is 2. The first-order valence-electron chi connectivity index (χ1n) is 9.30. The van der Waals surface area contributed by atoms with E-state index in [1.807, 2.05) is 29.2 Å². The molecule has 1 fully saturated rings. The van der Waals surface area contributed by atoms with Crippen molar-refractivity contribution in [3.8, 4) is 0 Å². The lowest BCUT2D eigenvalue weighted by atomic mass is 10.1. The maximum Gasteiger partial charge on any atom is 0.416 e. The summed E-state index contributed by atoms with van der Waals surface area (Å²) in [5.41, 5.74) is 1.62. The van der Waals surface area contributed by atoms with Crippen LogP contribution in [0.1, 0.15) is 11.1 Å². The largest absolute Gasteiger partial charge is 0.416 e. The van der Waals surface area contributed by atoms with Crippen LogP contribution in [0.3, 0.4) is 0 Å². The van der Waals surface area contributed by atoms with Gasteiger partial charge in [0.2, 0.25) is 5.91 Å². The van der Waals surface area contributed by atoms with E-state index in [9.17, 15) is 18.0 Å². The highest BCUT2D eigenvalue weighted by molar-refractivity contribution is 5.98. The summed E-state index contributed by atoms with van der Waals surface area (Å²) in [6.45, 7) is 2.08. The van der Waals surface area contributed by atoms with Gasteiger partial charge >= 0.3 is 6.18 Å². The quantitative estimate of drug-likeness (QED) is 0.686. The molecule has 3 aromatic rings. The van der Waals surface area contributed by atoms with Gasteiger partial charge in [0.15, 0.2) is 0 Å². The van der Waals surface area contributed by atoms with Crippen LogP contribution >= 0.6 is 0 Å². The second kappa shape index (κ2) is 7.79. The smallest absolute Gasteiger partial charge is 0.378 e. The van der Waals surface area contributed by atoms with E-state index in [-0.39, 0.29) is 18.0 Å². The number of nitrogens with zero attached hydrogens (tertiary/aromatic N) is 1. The Kier molecular flexibility index (Phi) is 5.19. The van der Waals surface area contributed by atoms with Crippen molar-refractivity contribution in [2.45, 2.75) is 12.6 Å². The summed E-state index contributed by atoms with van der Waals surface area (Å²) < 4.78 is 44.9. The predicted octanol–water partition coefficient (Wildman–Crippen LogP) is 4.20. The first-order chi connectivity index (χ1) is 13.9. The second-order valence-electron chi connectivity index (χ2n) is 6.91. The lowest BCUT2D eigenvalue weighted by Gasteiger charge is -2.31. The lowest BCUT2D eigenvalue weighted by Crippen LogP contribution is -2.37. The van der Waals surface area contributed by atoms with Crippen molar-refractivity contribution in [1.82, 2.24) is 4.98 Å². The van der Waals surface area contributed by atoms with Crippen LogP contribution in [0.4, 0.5) is 24.5 Å². The Balaban J connectivity index is 1.60. The van der Waals surface area contributed by atoms with Crippen molar-refractivity contribution < 1.29 is 22.7 Å². The van der Waals surface area contributed by atoms with E-state index in [1.54, 1.807) is 6.20 Å². The molecule has 1 saturated heterocycles. The molecule has 8 heteroatoms. The van der Waals surface area contributed by atoms with Crippen LogP contribution in [0.5, 0.6) is 0 Å². The summed E-state index contributed by atoms with van der Waals surface area (Å²) in [5, 5.41) is 3.60. The number of alkyl halides is 3. The van der Waals surface area contributed by atoms with Crippen LogP contribution in [-0.2, 0) is 22.1 Å². The van der Waals surface area contributed by atoms with Crippen molar-refractivity contribution in [2.75, 3.05) is 36.5 Å². The Morgan fingerprint density at radius 1 is 1.14 bits per heavy atom. The number of hydrogen-bond acceptors (Lipinski definition) is 3. The molecule has 1 aliphatic heterocycles.